The summed E-state index contributed by atoms with van der Waals surface area (Å²) in [5.41, 5.74) is 2.19. The highest BCUT2D eigenvalue weighted by Crippen LogP contribution is 2.35. The van der Waals surface area contributed by atoms with E-state index in [0.29, 0.717) is 17.1 Å². The molecule has 0 N–H and O–H groups in total. The fourth-order valence-corrected chi connectivity index (χ4v) is 2.52. The van der Waals surface area contributed by atoms with Crippen LogP contribution < -0.4 is 14.2 Å². The normalized spacial score (nSPS) is 10.8. The number of rotatable bonds is 5. The molecule has 0 saturated carbocycles. The molecule has 0 aliphatic rings. The number of benzene rings is 2. The van der Waals surface area contributed by atoms with Crippen LogP contribution in [0.15, 0.2) is 40.9 Å². The van der Waals surface area contributed by atoms with Crippen LogP contribution in [0.4, 0.5) is 0 Å². The van der Waals surface area contributed by atoms with Crippen molar-refractivity contribution in [2.75, 3.05) is 21.3 Å². The van der Waals surface area contributed by atoms with Crippen LogP contribution in [0.2, 0.25) is 0 Å². The minimum atomic E-state index is 0.542. The van der Waals surface area contributed by atoms with Gasteiger partial charge in [-0.3, -0.25) is 0 Å². The fraction of sp³-hybridized carbons (Fsp3) is 0.167. The predicted molar refractivity (Wildman–Crippen MR) is 93.7 cm³/mol. The van der Waals surface area contributed by atoms with Crippen molar-refractivity contribution in [3.05, 3.63) is 52.0 Å². The molecule has 2 rings (SSSR count). The summed E-state index contributed by atoms with van der Waals surface area (Å²) in [7, 11) is 4.77. The van der Waals surface area contributed by atoms with E-state index in [-0.39, 0.29) is 0 Å². The van der Waals surface area contributed by atoms with Crippen molar-refractivity contribution in [3.8, 4) is 23.3 Å². The highest BCUT2D eigenvalue weighted by atomic mass is 79.9. The van der Waals surface area contributed by atoms with Crippen LogP contribution in [-0.2, 0) is 0 Å². The van der Waals surface area contributed by atoms with Gasteiger partial charge in [-0.2, -0.15) is 5.26 Å². The van der Waals surface area contributed by atoms with E-state index >= 15 is 0 Å². The number of nitriles is 1. The summed E-state index contributed by atoms with van der Waals surface area (Å²) in [6, 6.07) is 13.2. The maximum atomic E-state index is 9.46. The van der Waals surface area contributed by atoms with Crippen LogP contribution in [0.25, 0.3) is 11.6 Å². The predicted octanol–water partition coefficient (Wildman–Crippen LogP) is 4.54. The third-order valence-electron chi connectivity index (χ3n) is 3.32. The molecule has 0 bridgehead atoms. The van der Waals surface area contributed by atoms with E-state index in [9.17, 15) is 5.26 Å². The van der Waals surface area contributed by atoms with E-state index in [2.05, 4.69) is 22.0 Å². The van der Waals surface area contributed by atoms with Crippen molar-refractivity contribution in [3.63, 3.8) is 0 Å². The van der Waals surface area contributed by atoms with Crippen LogP contribution in [0.3, 0.4) is 0 Å². The Morgan fingerprint density at radius 3 is 2.13 bits per heavy atom. The number of nitrogens with zero attached hydrogens (tertiary/aromatic N) is 1. The standard InChI is InChI=1S/C18H16BrNO3/c1-21-15-6-4-12(5-7-15)14(11-20)8-13-9-17(22-2)18(23-3)10-16(13)19/h4-10H,1-3H3/b14-8+. The Bertz CT molecular complexity index is 761. The molecule has 23 heavy (non-hydrogen) atoms. The molecule has 118 valence electrons. The van der Waals surface area contributed by atoms with E-state index in [1.54, 1.807) is 27.4 Å². The number of methoxy groups -OCH3 is 3. The molecule has 0 spiro atoms. The second-order valence-electron chi connectivity index (χ2n) is 4.63. The maximum absolute atomic E-state index is 9.46. The first kappa shape index (κ1) is 16.9. The van der Waals surface area contributed by atoms with Crippen LogP contribution in [-0.4, -0.2) is 21.3 Å². The summed E-state index contributed by atoms with van der Waals surface area (Å²) < 4.78 is 16.5. The summed E-state index contributed by atoms with van der Waals surface area (Å²) in [5.74, 6) is 1.98. The Kier molecular flexibility index (Phi) is 5.67. The average Bonchev–Trinajstić information content (AvgIpc) is 2.60. The number of allylic oxidation sites excluding steroid dienone is 1. The maximum Gasteiger partial charge on any atom is 0.161 e. The largest absolute Gasteiger partial charge is 0.497 e. The van der Waals surface area contributed by atoms with Gasteiger partial charge in [-0.1, -0.05) is 15.9 Å². The zero-order chi connectivity index (χ0) is 16.8. The Morgan fingerprint density at radius 1 is 1.00 bits per heavy atom. The van der Waals surface area contributed by atoms with Crippen molar-refractivity contribution in [1.29, 1.82) is 5.26 Å². The summed E-state index contributed by atoms with van der Waals surface area (Å²) in [6.45, 7) is 0. The molecule has 2 aromatic carbocycles. The number of ether oxygens (including phenoxy) is 3. The lowest BCUT2D eigenvalue weighted by Gasteiger charge is -2.10. The smallest absolute Gasteiger partial charge is 0.161 e. The monoisotopic (exact) mass is 373 g/mol. The Labute approximate surface area is 144 Å². The molecule has 0 amide bonds. The molecule has 0 unspecified atom stereocenters. The van der Waals surface area contributed by atoms with Gasteiger partial charge >= 0.3 is 0 Å². The zero-order valence-corrected chi connectivity index (χ0v) is 14.7. The first-order valence-corrected chi connectivity index (χ1v) is 7.60. The highest BCUT2D eigenvalue weighted by Gasteiger charge is 2.10. The van der Waals surface area contributed by atoms with Gasteiger partial charge in [-0.05, 0) is 53.6 Å². The number of hydrogen-bond acceptors (Lipinski definition) is 4. The van der Waals surface area contributed by atoms with Crippen molar-refractivity contribution in [2.24, 2.45) is 0 Å². The molecule has 2 aromatic rings. The second-order valence-corrected chi connectivity index (χ2v) is 5.48. The van der Waals surface area contributed by atoms with Crippen LogP contribution in [0.5, 0.6) is 17.2 Å². The molecular formula is C18H16BrNO3. The molecule has 0 fully saturated rings. The first-order valence-electron chi connectivity index (χ1n) is 6.80. The fourth-order valence-electron chi connectivity index (χ4n) is 2.09. The molecule has 0 saturated heterocycles. The first-order chi connectivity index (χ1) is 11.1. The Balaban J connectivity index is 2.47. The highest BCUT2D eigenvalue weighted by molar-refractivity contribution is 9.10. The minimum Gasteiger partial charge on any atom is -0.497 e. The van der Waals surface area contributed by atoms with Gasteiger partial charge in [0.2, 0.25) is 0 Å². The van der Waals surface area contributed by atoms with Crippen molar-refractivity contribution < 1.29 is 14.2 Å². The Hall–Kier alpha value is -2.45. The number of halogens is 1. The lowest BCUT2D eigenvalue weighted by Crippen LogP contribution is -1.92. The molecule has 5 heteroatoms. The summed E-state index contributed by atoms with van der Waals surface area (Å²) in [5, 5.41) is 9.46. The van der Waals surface area contributed by atoms with Gasteiger partial charge < -0.3 is 14.2 Å². The van der Waals surface area contributed by atoms with Gasteiger partial charge in [0.1, 0.15) is 5.75 Å². The zero-order valence-electron chi connectivity index (χ0n) is 13.1. The van der Waals surface area contributed by atoms with Gasteiger partial charge in [0.05, 0.1) is 33.0 Å². The molecule has 4 nitrogen and oxygen atoms in total. The van der Waals surface area contributed by atoms with Gasteiger partial charge in [0, 0.05) is 4.47 Å². The van der Waals surface area contributed by atoms with E-state index in [1.165, 1.54) is 0 Å². The van der Waals surface area contributed by atoms with Gasteiger partial charge in [0.25, 0.3) is 0 Å². The van der Waals surface area contributed by atoms with Gasteiger partial charge in [-0.25, -0.2) is 0 Å². The number of hydrogen-bond donors (Lipinski definition) is 0. The van der Waals surface area contributed by atoms with Gasteiger partial charge in [-0.15, -0.1) is 0 Å². The third-order valence-corrected chi connectivity index (χ3v) is 4.01. The minimum absolute atomic E-state index is 0.542. The van der Waals surface area contributed by atoms with Crippen molar-refractivity contribution in [1.82, 2.24) is 0 Å². The van der Waals surface area contributed by atoms with E-state index in [4.69, 9.17) is 14.2 Å². The molecule has 0 atom stereocenters. The van der Waals surface area contributed by atoms with Crippen molar-refractivity contribution >= 4 is 27.6 Å². The summed E-state index contributed by atoms with van der Waals surface area (Å²) >= 11 is 3.49. The molecular weight excluding hydrogens is 358 g/mol. The average molecular weight is 374 g/mol. The lowest BCUT2D eigenvalue weighted by molar-refractivity contribution is 0.354. The third kappa shape index (κ3) is 3.85. The molecule has 0 aromatic heterocycles. The summed E-state index contributed by atoms with van der Waals surface area (Å²) in [4.78, 5) is 0. The quantitative estimate of drug-likeness (QED) is 0.570. The van der Waals surface area contributed by atoms with Crippen LogP contribution in [0.1, 0.15) is 11.1 Å². The van der Waals surface area contributed by atoms with E-state index < -0.39 is 0 Å². The molecule has 0 heterocycles. The molecule has 0 radical (unpaired) electrons. The van der Waals surface area contributed by atoms with Crippen molar-refractivity contribution in [2.45, 2.75) is 0 Å². The summed E-state index contributed by atoms with van der Waals surface area (Å²) in [6.07, 6.45) is 1.80. The van der Waals surface area contributed by atoms with Crippen LogP contribution >= 0.6 is 15.9 Å². The molecule has 0 aliphatic heterocycles. The lowest BCUT2D eigenvalue weighted by atomic mass is 10.0. The topological polar surface area (TPSA) is 51.5 Å². The SMILES string of the molecule is COc1ccc(/C(C#N)=C/c2cc(OC)c(OC)cc2Br)cc1. The van der Waals surface area contributed by atoms with E-state index in [0.717, 1.165) is 21.3 Å². The van der Waals surface area contributed by atoms with E-state index in [1.807, 2.05) is 36.4 Å². The second kappa shape index (κ2) is 7.70. The van der Waals surface area contributed by atoms with Crippen LogP contribution in [0, 0.1) is 11.3 Å². The Morgan fingerprint density at radius 2 is 1.61 bits per heavy atom. The molecule has 0 aliphatic carbocycles. The van der Waals surface area contributed by atoms with Gasteiger partial charge in [0.15, 0.2) is 11.5 Å².